The summed E-state index contributed by atoms with van der Waals surface area (Å²) in [4.78, 5) is 13.9. The number of piperidine rings is 1. The van der Waals surface area contributed by atoms with E-state index < -0.39 is 0 Å². The fourth-order valence-corrected chi connectivity index (χ4v) is 3.73. The first-order valence-corrected chi connectivity index (χ1v) is 8.63. The van der Waals surface area contributed by atoms with Gasteiger partial charge in [-0.25, -0.2) is 4.98 Å². The smallest absolute Gasteiger partial charge is 0.227 e. The van der Waals surface area contributed by atoms with E-state index in [0.717, 1.165) is 57.3 Å². The van der Waals surface area contributed by atoms with E-state index >= 15 is 0 Å². The van der Waals surface area contributed by atoms with Crippen LogP contribution in [0.1, 0.15) is 12.8 Å². The van der Waals surface area contributed by atoms with Gasteiger partial charge in [-0.1, -0.05) is 0 Å². The van der Waals surface area contributed by atoms with Crippen LogP contribution in [0.15, 0.2) is 12.3 Å². The van der Waals surface area contributed by atoms with Gasteiger partial charge in [0.05, 0.1) is 0 Å². The Morgan fingerprint density at radius 1 is 1.15 bits per heavy atom. The summed E-state index contributed by atoms with van der Waals surface area (Å²) >= 11 is 2.02. The maximum atomic E-state index is 5.75. The molecule has 0 radical (unpaired) electrons. The molecule has 2 saturated heterocycles. The molecule has 0 spiro atoms. The highest BCUT2D eigenvalue weighted by Gasteiger charge is 2.21. The minimum absolute atomic E-state index is 0.675. The van der Waals surface area contributed by atoms with Crippen molar-refractivity contribution in [1.82, 2.24) is 9.97 Å². The average Bonchev–Trinajstić information content (AvgIpc) is 2.56. The van der Waals surface area contributed by atoms with Gasteiger partial charge < -0.3 is 15.5 Å². The fraction of sp³-hybridized carbons (Fsp3) is 0.714. The number of thioether (sulfide) groups is 1. The highest BCUT2D eigenvalue weighted by Crippen LogP contribution is 2.22. The third-order valence-corrected chi connectivity index (χ3v) is 5.14. The molecule has 2 aliphatic heterocycles. The van der Waals surface area contributed by atoms with E-state index in [9.17, 15) is 0 Å². The largest absolute Gasteiger partial charge is 0.355 e. The lowest BCUT2D eigenvalue weighted by molar-refractivity contribution is 0.411. The van der Waals surface area contributed by atoms with Gasteiger partial charge in [-0.05, 0) is 31.4 Å². The maximum Gasteiger partial charge on any atom is 0.227 e. The Bertz CT molecular complexity index is 427. The summed E-state index contributed by atoms with van der Waals surface area (Å²) in [5, 5.41) is 0. The molecule has 2 fully saturated rings. The SMILES string of the molecule is NCC1CCN(c2nccc(N3CCSCC3)n2)CC1. The third-order valence-electron chi connectivity index (χ3n) is 4.19. The van der Waals surface area contributed by atoms with Gasteiger partial charge in [-0.15, -0.1) is 0 Å². The van der Waals surface area contributed by atoms with Crippen molar-refractivity contribution in [1.29, 1.82) is 0 Å². The lowest BCUT2D eigenvalue weighted by atomic mass is 9.97. The molecule has 0 aromatic carbocycles. The number of nitrogens with two attached hydrogens (primary N) is 1. The van der Waals surface area contributed by atoms with Crippen LogP contribution >= 0.6 is 11.8 Å². The van der Waals surface area contributed by atoms with Gasteiger partial charge in [0.25, 0.3) is 0 Å². The fourth-order valence-electron chi connectivity index (χ4n) is 2.83. The van der Waals surface area contributed by atoms with Crippen LogP contribution in [0.25, 0.3) is 0 Å². The Balaban J connectivity index is 1.68. The molecule has 1 aromatic rings. The topological polar surface area (TPSA) is 58.3 Å². The van der Waals surface area contributed by atoms with E-state index in [4.69, 9.17) is 10.7 Å². The second kappa shape index (κ2) is 6.63. The summed E-state index contributed by atoms with van der Waals surface area (Å²) in [5.41, 5.74) is 5.75. The molecule has 0 unspecified atom stereocenters. The van der Waals surface area contributed by atoms with E-state index in [-0.39, 0.29) is 0 Å². The van der Waals surface area contributed by atoms with Crippen molar-refractivity contribution in [2.24, 2.45) is 11.7 Å². The van der Waals surface area contributed by atoms with E-state index in [0.29, 0.717) is 5.92 Å². The minimum atomic E-state index is 0.675. The monoisotopic (exact) mass is 293 g/mol. The summed E-state index contributed by atoms with van der Waals surface area (Å²) in [5.74, 6) is 5.03. The second-order valence-electron chi connectivity index (χ2n) is 5.48. The number of hydrogen-bond acceptors (Lipinski definition) is 6. The van der Waals surface area contributed by atoms with Crippen LogP contribution in [-0.2, 0) is 0 Å². The highest BCUT2D eigenvalue weighted by molar-refractivity contribution is 7.99. The summed E-state index contributed by atoms with van der Waals surface area (Å²) in [6, 6.07) is 2.03. The average molecular weight is 293 g/mol. The maximum absolute atomic E-state index is 5.75. The normalized spacial score (nSPS) is 21.2. The first kappa shape index (κ1) is 13.9. The Morgan fingerprint density at radius 2 is 1.90 bits per heavy atom. The standard InChI is InChI=1S/C14H23N5S/c15-11-12-2-5-19(6-3-12)14-16-4-1-13(17-14)18-7-9-20-10-8-18/h1,4,12H,2-3,5-11,15H2. The van der Waals surface area contributed by atoms with Crippen molar-refractivity contribution in [3.63, 3.8) is 0 Å². The Labute approximate surface area is 124 Å². The van der Waals surface area contributed by atoms with Crippen LogP contribution in [0.4, 0.5) is 11.8 Å². The quantitative estimate of drug-likeness (QED) is 0.904. The van der Waals surface area contributed by atoms with Crippen LogP contribution in [-0.4, -0.2) is 54.2 Å². The molecule has 3 rings (SSSR count). The van der Waals surface area contributed by atoms with E-state index in [1.165, 1.54) is 11.5 Å². The van der Waals surface area contributed by atoms with Crippen molar-refractivity contribution in [2.75, 3.05) is 54.0 Å². The van der Waals surface area contributed by atoms with Gasteiger partial charge in [0.2, 0.25) is 5.95 Å². The van der Waals surface area contributed by atoms with Crippen molar-refractivity contribution in [3.8, 4) is 0 Å². The number of aromatic nitrogens is 2. The molecule has 0 bridgehead atoms. The van der Waals surface area contributed by atoms with Crippen LogP contribution in [0.2, 0.25) is 0 Å². The van der Waals surface area contributed by atoms with Crippen molar-refractivity contribution < 1.29 is 0 Å². The number of rotatable bonds is 3. The number of hydrogen-bond donors (Lipinski definition) is 1. The Kier molecular flexibility index (Phi) is 4.62. The highest BCUT2D eigenvalue weighted by atomic mass is 32.2. The predicted molar refractivity (Wildman–Crippen MR) is 85.6 cm³/mol. The molecule has 110 valence electrons. The number of nitrogens with zero attached hydrogens (tertiary/aromatic N) is 4. The Hall–Kier alpha value is -1.01. The molecular formula is C14H23N5S. The molecule has 0 atom stereocenters. The molecule has 5 nitrogen and oxygen atoms in total. The third kappa shape index (κ3) is 3.17. The zero-order chi connectivity index (χ0) is 13.8. The van der Waals surface area contributed by atoms with E-state index in [2.05, 4.69) is 14.8 Å². The molecular weight excluding hydrogens is 270 g/mol. The van der Waals surface area contributed by atoms with Crippen molar-refractivity contribution in [3.05, 3.63) is 12.3 Å². The number of anilines is 2. The van der Waals surface area contributed by atoms with Gasteiger partial charge in [0.15, 0.2) is 0 Å². The van der Waals surface area contributed by atoms with Gasteiger partial charge in [-0.2, -0.15) is 16.7 Å². The minimum Gasteiger partial charge on any atom is -0.355 e. The second-order valence-corrected chi connectivity index (χ2v) is 6.71. The lowest BCUT2D eigenvalue weighted by Gasteiger charge is -2.32. The van der Waals surface area contributed by atoms with Crippen LogP contribution in [0.5, 0.6) is 0 Å². The van der Waals surface area contributed by atoms with Crippen LogP contribution in [0.3, 0.4) is 0 Å². The van der Waals surface area contributed by atoms with Gasteiger partial charge in [0, 0.05) is 43.9 Å². The first-order chi connectivity index (χ1) is 9.86. The molecule has 6 heteroatoms. The molecule has 1 aromatic heterocycles. The van der Waals surface area contributed by atoms with Crippen molar-refractivity contribution in [2.45, 2.75) is 12.8 Å². The summed E-state index contributed by atoms with van der Waals surface area (Å²) in [7, 11) is 0. The molecule has 2 aliphatic rings. The van der Waals surface area contributed by atoms with Gasteiger partial charge in [0.1, 0.15) is 5.82 Å². The molecule has 0 amide bonds. The zero-order valence-corrected chi connectivity index (χ0v) is 12.7. The summed E-state index contributed by atoms with van der Waals surface area (Å²) < 4.78 is 0. The Morgan fingerprint density at radius 3 is 2.60 bits per heavy atom. The molecule has 2 N–H and O–H groups in total. The first-order valence-electron chi connectivity index (χ1n) is 7.47. The molecule has 3 heterocycles. The van der Waals surface area contributed by atoms with Gasteiger partial charge in [-0.3, -0.25) is 0 Å². The molecule has 20 heavy (non-hydrogen) atoms. The molecule has 0 aliphatic carbocycles. The lowest BCUT2D eigenvalue weighted by Crippen LogP contribution is -2.38. The summed E-state index contributed by atoms with van der Waals surface area (Å²) in [6.45, 7) is 5.05. The van der Waals surface area contributed by atoms with Crippen LogP contribution < -0.4 is 15.5 Å². The van der Waals surface area contributed by atoms with Crippen molar-refractivity contribution >= 4 is 23.5 Å². The predicted octanol–water partition coefficient (Wildman–Crippen LogP) is 1.20. The van der Waals surface area contributed by atoms with Crippen LogP contribution in [0, 0.1) is 5.92 Å². The zero-order valence-electron chi connectivity index (χ0n) is 11.9. The van der Waals surface area contributed by atoms with E-state index in [1.807, 2.05) is 24.0 Å². The summed E-state index contributed by atoms with van der Waals surface area (Å²) in [6.07, 6.45) is 4.21. The molecule has 0 saturated carbocycles. The van der Waals surface area contributed by atoms with E-state index in [1.54, 1.807) is 0 Å². The van der Waals surface area contributed by atoms with Gasteiger partial charge >= 0.3 is 0 Å².